The van der Waals surface area contributed by atoms with Crippen molar-refractivity contribution in [2.24, 2.45) is 0 Å². The molecule has 1 atom stereocenters. The van der Waals surface area contributed by atoms with Gasteiger partial charge in [0.1, 0.15) is 11.1 Å². The van der Waals surface area contributed by atoms with Crippen molar-refractivity contribution >= 4 is 28.7 Å². The summed E-state index contributed by atoms with van der Waals surface area (Å²) in [6, 6.07) is 17.2. The fourth-order valence-electron chi connectivity index (χ4n) is 5.32. The molecule has 6 nitrogen and oxygen atoms in total. The summed E-state index contributed by atoms with van der Waals surface area (Å²) in [5.74, 6) is -1.25. The molecule has 3 aromatic carbocycles. The number of halogens is 3. The molecule has 41 heavy (non-hydrogen) atoms. The second kappa shape index (κ2) is 11.6. The summed E-state index contributed by atoms with van der Waals surface area (Å²) in [6.07, 6.45) is -3.68. The first-order valence-electron chi connectivity index (χ1n) is 13.4. The summed E-state index contributed by atoms with van der Waals surface area (Å²) in [5, 5.41) is 12.4. The number of carboxylic acids is 1. The van der Waals surface area contributed by atoms with Crippen LogP contribution >= 0.6 is 11.9 Å². The van der Waals surface area contributed by atoms with E-state index in [1.54, 1.807) is 13.0 Å². The van der Waals surface area contributed by atoms with E-state index in [2.05, 4.69) is 0 Å². The van der Waals surface area contributed by atoms with Crippen molar-refractivity contribution in [2.75, 3.05) is 19.7 Å². The zero-order valence-electron chi connectivity index (χ0n) is 22.6. The van der Waals surface area contributed by atoms with Crippen LogP contribution in [0, 0.1) is 0 Å². The number of hydrogen-bond donors (Lipinski definition) is 1. The zero-order valence-corrected chi connectivity index (χ0v) is 23.4. The molecule has 1 aromatic heterocycles. The standard InChI is InChI=1S/C31H29F3N2O4S/c1-3-15-35-18-25(30(38)39)36-28(37)27(40-4-2)24(17-20-11-7-10-19-9-5-6-14-23(19)20)26(29(36)41-35)21-12-8-13-22(16-21)31(32,33)34/h5-14,16,25H,3-4,15,17-18H2,1-2H3,(H,38,39). The smallest absolute Gasteiger partial charge is 0.416 e. The van der Waals surface area contributed by atoms with Gasteiger partial charge in [-0.3, -0.25) is 9.36 Å². The number of pyridine rings is 1. The SMILES string of the molecule is CCCN1CC(C(=O)O)n2c(c(-c3cccc(C(F)(F)F)c3)c(Cc3cccc4ccccc34)c(OCC)c2=O)S1. The first kappa shape index (κ1) is 28.8. The molecule has 214 valence electrons. The molecular weight excluding hydrogens is 553 g/mol. The normalized spacial score (nSPS) is 15.6. The summed E-state index contributed by atoms with van der Waals surface area (Å²) < 4.78 is 50.6. The minimum Gasteiger partial charge on any atom is -0.488 e. The number of hydrogen-bond acceptors (Lipinski definition) is 5. The summed E-state index contributed by atoms with van der Waals surface area (Å²) in [5.41, 5.74) is 0.439. The van der Waals surface area contributed by atoms with Crippen molar-refractivity contribution in [1.82, 2.24) is 8.87 Å². The molecule has 1 N–H and O–H groups in total. The third-order valence-electron chi connectivity index (χ3n) is 7.10. The van der Waals surface area contributed by atoms with Crippen LogP contribution in [0.1, 0.15) is 43.0 Å². The summed E-state index contributed by atoms with van der Waals surface area (Å²) in [4.78, 5) is 26.5. The maximum atomic E-state index is 14.0. The molecule has 0 bridgehead atoms. The number of rotatable bonds is 8. The number of fused-ring (bicyclic) bond motifs is 2. The van der Waals surface area contributed by atoms with E-state index in [-0.39, 0.29) is 30.9 Å². The highest BCUT2D eigenvalue weighted by molar-refractivity contribution is 7.97. The maximum Gasteiger partial charge on any atom is 0.416 e. The van der Waals surface area contributed by atoms with Gasteiger partial charge >= 0.3 is 12.1 Å². The van der Waals surface area contributed by atoms with E-state index < -0.39 is 29.3 Å². The van der Waals surface area contributed by atoms with Gasteiger partial charge in [-0.15, -0.1) is 0 Å². The second-order valence-corrected chi connectivity index (χ2v) is 10.9. The van der Waals surface area contributed by atoms with Gasteiger partial charge < -0.3 is 9.84 Å². The molecule has 0 saturated carbocycles. The highest BCUT2D eigenvalue weighted by Gasteiger charge is 2.38. The summed E-state index contributed by atoms with van der Waals surface area (Å²) in [7, 11) is 0. The Morgan fingerprint density at radius 2 is 1.80 bits per heavy atom. The molecule has 0 amide bonds. The zero-order chi connectivity index (χ0) is 29.3. The molecular formula is C31H29F3N2O4S. The Morgan fingerprint density at radius 1 is 1.07 bits per heavy atom. The first-order valence-corrected chi connectivity index (χ1v) is 14.2. The first-order chi connectivity index (χ1) is 19.6. The Labute approximate surface area is 239 Å². The monoisotopic (exact) mass is 582 g/mol. The van der Waals surface area contributed by atoms with E-state index in [1.807, 2.05) is 53.7 Å². The van der Waals surface area contributed by atoms with E-state index in [0.717, 1.165) is 34.9 Å². The van der Waals surface area contributed by atoms with Crippen molar-refractivity contribution in [3.05, 3.63) is 93.8 Å². The van der Waals surface area contributed by atoms with Gasteiger partial charge in [0.05, 0.1) is 12.2 Å². The number of benzene rings is 3. The topological polar surface area (TPSA) is 71.8 Å². The lowest BCUT2D eigenvalue weighted by Gasteiger charge is -2.35. The van der Waals surface area contributed by atoms with E-state index in [0.29, 0.717) is 22.7 Å². The Hall–Kier alpha value is -3.76. The van der Waals surface area contributed by atoms with Crippen LogP contribution in [0.2, 0.25) is 0 Å². The van der Waals surface area contributed by atoms with Crippen LogP contribution < -0.4 is 10.3 Å². The Morgan fingerprint density at radius 3 is 2.51 bits per heavy atom. The summed E-state index contributed by atoms with van der Waals surface area (Å²) >= 11 is 1.20. The third-order valence-corrected chi connectivity index (χ3v) is 8.26. The molecule has 5 rings (SSSR count). The number of aliphatic carboxylic acids is 1. The lowest BCUT2D eigenvalue weighted by Crippen LogP contribution is -2.43. The Balaban J connectivity index is 1.87. The van der Waals surface area contributed by atoms with Gasteiger partial charge in [0.2, 0.25) is 0 Å². The number of carbonyl (C=O) groups is 1. The van der Waals surface area contributed by atoms with Crippen molar-refractivity contribution in [2.45, 2.75) is 43.9 Å². The minimum absolute atomic E-state index is 0.0487. The number of nitrogens with zero attached hydrogens (tertiary/aromatic N) is 2. The van der Waals surface area contributed by atoms with E-state index in [9.17, 15) is 27.9 Å². The van der Waals surface area contributed by atoms with Crippen LogP contribution in [0.25, 0.3) is 21.9 Å². The molecule has 2 heterocycles. The van der Waals surface area contributed by atoms with Crippen LogP contribution in [-0.2, 0) is 17.4 Å². The lowest BCUT2D eigenvalue weighted by atomic mass is 9.92. The molecule has 1 aliphatic heterocycles. The van der Waals surface area contributed by atoms with Gasteiger partial charge in [0.15, 0.2) is 5.75 Å². The van der Waals surface area contributed by atoms with Crippen LogP contribution in [0.3, 0.4) is 0 Å². The maximum absolute atomic E-state index is 14.0. The molecule has 0 radical (unpaired) electrons. The second-order valence-electron chi connectivity index (χ2n) is 9.82. The van der Waals surface area contributed by atoms with Gasteiger partial charge in [-0.1, -0.05) is 61.5 Å². The van der Waals surface area contributed by atoms with Gasteiger partial charge in [0.25, 0.3) is 5.56 Å². The van der Waals surface area contributed by atoms with Crippen molar-refractivity contribution in [3.8, 4) is 16.9 Å². The lowest BCUT2D eigenvalue weighted by molar-refractivity contribution is -0.141. The predicted octanol–water partition coefficient (Wildman–Crippen LogP) is 7.04. The molecule has 1 unspecified atom stereocenters. The van der Waals surface area contributed by atoms with Crippen molar-refractivity contribution in [1.29, 1.82) is 0 Å². The number of ether oxygens (including phenoxy) is 1. The fraction of sp³-hybridized carbons (Fsp3) is 0.290. The molecule has 0 spiro atoms. The average molecular weight is 583 g/mol. The molecule has 1 aliphatic rings. The highest BCUT2D eigenvalue weighted by Crippen LogP contribution is 2.45. The van der Waals surface area contributed by atoms with Crippen molar-refractivity contribution in [3.63, 3.8) is 0 Å². The molecule has 4 aromatic rings. The predicted molar refractivity (Wildman–Crippen MR) is 153 cm³/mol. The Kier molecular flexibility index (Phi) is 8.15. The number of aromatic nitrogens is 1. The summed E-state index contributed by atoms with van der Waals surface area (Å²) in [6.45, 7) is 4.39. The number of carboxylic acid groups (broad SMARTS) is 1. The quantitative estimate of drug-likeness (QED) is 0.225. The van der Waals surface area contributed by atoms with E-state index in [1.165, 1.54) is 22.6 Å². The molecule has 0 fully saturated rings. The molecule has 0 aliphatic carbocycles. The van der Waals surface area contributed by atoms with Gasteiger partial charge in [-0.2, -0.15) is 13.2 Å². The van der Waals surface area contributed by atoms with Gasteiger partial charge in [-0.05, 0) is 59.3 Å². The minimum atomic E-state index is -4.59. The van der Waals surface area contributed by atoms with Crippen molar-refractivity contribution < 1.29 is 27.8 Å². The molecule has 10 heteroatoms. The van der Waals surface area contributed by atoms with Gasteiger partial charge in [-0.25, -0.2) is 9.10 Å². The molecule has 0 saturated heterocycles. The van der Waals surface area contributed by atoms with Crippen LogP contribution in [0.4, 0.5) is 13.2 Å². The van der Waals surface area contributed by atoms with Crippen LogP contribution in [0.5, 0.6) is 5.75 Å². The largest absolute Gasteiger partial charge is 0.488 e. The van der Waals surface area contributed by atoms with Gasteiger partial charge in [0, 0.05) is 30.6 Å². The fourth-order valence-corrected chi connectivity index (χ4v) is 6.69. The Bertz CT molecular complexity index is 1660. The highest BCUT2D eigenvalue weighted by atomic mass is 32.2. The average Bonchev–Trinajstić information content (AvgIpc) is 2.94. The van der Waals surface area contributed by atoms with E-state index >= 15 is 0 Å². The van der Waals surface area contributed by atoms with Crippen LogP contribution in [0.15, 0.2) is 76.6 Å². The van der Waals surface area contributed by atoms with Crippen LogP contribution in [-0.4, -0.2) is 39.6 Å². The van der Waals surface area contributed by atoms with E-state index in [4.69, 9.17) is 4.74 Å². The third kappa shape index (κ3) is 5.58. The number of alkyl halides is 3.